The lowest BCUT2D eigenvalue weighted by Gasteiger charge is -2.31. The number of carbonyl (C=O) groups excluding carboxylic acids is 1. The van der Waals surface area contributed by atoms with Crippen LogP contribution in [0, 0.1) is 5.92 Å². The van der Waals surface area contributed by atoms with Gasteiger partial charge in [0.1, 0.15) is 0 Å². The molecule has 5 nitrogen and oxygen atoms in total. The van der Waals surface area contributed by atoms with Crippen molar-refractivity contribution >= 4 is 11.6 Å². The normalized spacial score (nSPS) is 22.1. The summed E-state index contributed by atoms with van der Waals surface area (Å²) in [5.41, 5.74) is 6.63. The quantitative estimate of drug-likeness (QED) is 0.689. The van der Waals surface area contributed by atoms with Gasteiger partial charge in [-0.2, -0.15) is 0 Å². The summed E-state index contributed by atoms with van der Waals surface area (Å²) in [6.45, 7) is 0.577. The summed E-state index contributed by atoms with van der Waals surface area (Å²) in [6, 6.07) is 5.10. The fourth-order valence-corrected chi connectivity index (χ4v) is 2.16. The molecule has 1 aromatic carbocycles. The largest absolute Gasteiger partial charge is 0.494 e. The van der Waals surface area contributed by atoms with E-state index < -0.39 is 0 Å². The zero-order valence-electron chi connectivity index (χ0n) is 10.3. The Labute approximate surface area is 106 Å². The Kier molecular flexibility index (Phi) is 3.72. The Bertz CT molecular complexity index is 442. The number of aliphatic hydroxyl groups is 1. The van der Waals surface area contributed by atoms with Gasteiger partial charge < -0.3 is 20.9 Å². The molecular weight excluding hydrogens is 232 g/mol. The molecule has 0 aromatic heterocycles. The van der Waals surface area contributed by atoms with Gasteiger partial charge in [0.2, 0.25) is 0 Å². The third kappa shape index (κ3) is 2.56. The number of methoxy groups -OCH3 is 1. The van der Waals surface area contributed by atoms with Crippen molar-refractivity contribution in [2.75, 3.05) is 19.4 Å². The Morgan fingerprint density at radius 1 is 1.56 bits per heavy atom. The lowest BCUT2D eigenvalue weighted by molar-refractivity contribution is 0.0420. The fourth-order valence-electron chi connectivity index (χ4n) is 2.16. The van der Waals surface area contributed by atoms with Crippen molar-refractivity contribution < 1.29 is 14.6 Å². The van der Waals surface area contributed by atoms with Crippen molar-refractivity contribution in [3.8, 4) is 5.75 Å². The van der Waals surface area contributed by atoms with Crippen molar-refractivity contribution in [2.24, 2.45) is 5.92 Å². The van der Waals surface area contributed by atoms with Gasteiger partial charge in [-0.25, -0.2) is 0 Å². The van der Waals surface area contributed by atoms with Gasteiger partial charge in [0.15, 0.2) is 5.75 Å². The van der Waals surface area contributed by atoms with Crippen molar-refractivity contribution in [1.82, 2.24) is 5.32 Å². The first kappa shape index (κ1) is 12.7. The molecule has 0 radical (unpaired) electrons. The van der Waals surface area contributed by atoms with E-state index in [4.69, 9.17) is 15.6 Å². The molecule has 1 aliphatic carbocycles. The zero-order valence-corrected chi connectivity index (χ0v) is 10.3. The molecule has 0 aliphatic heterocycles. The SMILES string of the molecule is COc1c(N)cccc1C(=O)NCC1CC(O)C1. The summed E-state index contributed by atoms with van der Waals surface area (Å²) in [5, 5.41) is 12.0. The Balaban J connectivity index is 1.98. The number of rotatable bonds is 4. The van der Waals surface area contributed by atoms with E-state index in [0.29, 0.717) is 29.5 Å². The monoisotopic (exact) mass is 250 g/mol. The number of para-hydroxylation sites is 1. The van der Waals surface area contributed by atoms with E-state index in [9.17, 15) is 4.79 Å². The average Bonchev–Trinajstić information content (AvgIpc) is 2.32. The summed E-state index contributed by atoms with van der Waals surface area (Å²) in [7, 11) is 1.49. The smallest absolute Gasteiger partial charge is 0.255 e. The van der Waals surface area contributed by atoms with Crippen molar-refractivity contribution in [2.45, 2.75) is 18.9 Å². The molecule has 98 valence electrons. The maximum atomic E-state index is 12.0. The highest BCUT2D eigenvalue weighted by Gasteiger charge is 2.27. The van der Waals surface area contributed by atoms with Crippen LogP contribution in [0.2, 0.25) is 0 Å². The molecule has 0 heterocycles. The number of carbonyl (C=O) groups is 1. The number of hydrogen-bond donors (Lipinski definition) is 3. The first-order valence-corrected chi connectivity index (χ1v) is 6.00. The molecule has 1 aromatic rings. The number of ether oxygens (including phenoxy) is 1. The highest BCUT2D eigenvalue weighted by molar-refractivity contribution is 5.98. The predicted molar refractivity (Wildman–Crippen MR) is 68.5 cm³/mol. The second kappa shape index (κ2) is 5.27. The number of nitrogen functional groups attached to an aromatic ring is 1. The molecule has 1 saturated carbocycles. The average molecular weight is 250 g/mol. The highest BCUT2D eigenvalue weighted by atomic mass is 16.5. The Morgan fingerprint density at radius 3 is 2.89 bits per heavy atom. The summed E-state index contributed by atoms with van der Waals surface area (Å²) < 4.78 is 5.14. The lowest BCUT2D eigenvalue weighted by Crippen LogP contribution is -2.38. The zero-order chi connectivity index (χ0) is 13.1. The van der Waals surface area contributed by atoms with E-state index in [1.54, 1.807) is 18.2 Å². The second-order valence-electron chi connectivity index (χ2n) is 4.63. The van der Waals surface area contributed by atoms with Crippen LogP contribution in [0.3, 0.4) is 0 Å². The summed E-state index contributed by atoms with van der Waals surface area (Å²) in [6.07, 6.45) is 1.32. The van der Waals surface area contributed by atoms with Crippen LogP contribution in [-0.4, -0.2) is 30.8 Å². The molecular formula is C13H18N2O3. The van der Waals surface area contributed by atoms with Gasteiger partial charge in [0, 0.05) is 6.54 Å². The molecule has 1 fully saturated rings. The van der Waals surface area contributed by atoms with Gasteiger partial charge in [-0.3, -0.25) is 4.79 Å². The summed E-state index contributed by atoms with van der Waals surface area (Å²) in [5.74, 6) is 0.584. The van der Waals surface area contributed by atoms with Gasteiger partial charge in [0.05, 0.1) is 24.5 Å². The maximum absolute atomic E-state index is 12.0. The van der Waals surface area contributed by atoms with E-state index in [2.05, 4.69) is 5.32 Å². The standard InChI is InChI=1S/C13H18N2O3/c1-18-12-10(3-2-4-11(12)14)13(17)15-7-8-5-9(16)6-8/h2-4,8-9,16H,5-7,14H2,1H3,(H,15,17). The number of aliphatic hydroxyl groups excluding tert-OH is 1. The minimum Gasteiger partial charge on any atom is -0.494 e. The molecule has 2 rings (SSSR count). The van der Waals surface area contributed by atoms with Crippen molar-refractivity contribution in [3.63, 3.8) is 0 Å². The second-order valence-corrected chi connectivity index (χ2v) is 4.63. The number of amides is 1. The van der Waals surface area contributed by atoms with Crippen LogP contribution >= 0.6 is 0 Å². The molecule has 5 heteroatoms. The summed E-state index contributed by atoms with van der Waals surface area (Å²) >= 11 is 0. The van der Waals surface area contributed by atoms with Gasteiger partial charge in [-0.1, -0.05) is 6.07 Å². The van der Waals surface area contributed by atoms with Crippen LogP contribution in [0.1, 0.15) is 23.2 Å². The molecule has 1 amide bonds. The molecule has 0 spiro atoms. The Morgan fingerprint density at radius 2 is 2.28 bits per heavy atom. The van der Waals surface area contributed by atoms with Crippen LogP contribution in [0.15, 0.2) is 18.2 Å². The minimum atomic E-state index is -0.200. The third-order valence-corrected chi connectivity index (χ3v) is 3.26. The minimum absolute atomic E-state index is 0.194. The van der Waals surface area contributed by atoms with E-state index in [1.807, 2.05) is 0 Å². The van der Waals surface area contributed by atoms with Crippen LogP contribution in [0.4, 0.5) is 5.69 Å². The number of anilines is 1. The van der Waals surface area contributed by atoms with Crippen molar-refractivity contribution in [1.29, 1.82) is 0 Å². The van der Waals surface area contributed by atoms with Gasteiger partial charge in [0.25, 0.3) is 5.91 Å². The van der Waals surface area contributed by atoms with E-state index in [0.717, 1.165) is 12.8 Å². The van der Waals surface area contributed by atoms with Crippen LogP contribution < -0.4 is 15.8 Å². The molecule has 0 unspecified atom stereocenters. The number of nitrogens with one attached hydrogen (secondary N) is 1. The van der Waals surface area contributed by atoms with E-state index in [-0.39, 0.29) is 12.0 Å². The van der Waals surface area contributed by atoms with Crippen molar-refractivity contribution in [3.05, 3.63) is 23.8 Å². The van der Waals surface area contributed by atoms with Crippen LogP contribution in [0.5, 0.6) is 5.75 Å². The molecule has 4 N–H and O–H groups in total. The number of benzene rings is 1. The highest BCUT2D eigenvalue weighted by Crippen LogP contribution is 2.28. The molecule has 0 saturated heterocycles. The molecule has 18 heavy (non-hydrogen) atoms. The van der Waals surface area contributed by atoms with E-state index >= 15 is 0 Å². The first-order chi connectivity index (χ1) is 8.61. The topological polar surface area (TPSA) is 84.6 Å². The maximum Gasteiger partial charge on any atom is 0.255 e. The molecule has 0 bridgehead atoms. The predicted octanol–water partition coefficient (Wildman–Crippen LogP) is 0.778. The van der Waals surface area contributed by atoms with E-state index in [1.165, 1.54) is 7.11 Å². The number of hydrogen-bond acceptors (Lipinski definition) is 4. The Hall–Kier alpha value is -1.75. The number of nitrogens with two attached hydrogens (primary N) is 1. The van der Waals surface area contributed by atoms with Gasteiger partial charge in [-0.15, -0.1) is 0 Å². The van der Waals surface area contributed by atoms with Crippen LogP contribution in [0.25, 0.3) is 0 Å². The van der Waals surface area contributed by atoms with Crippen LogP contribution in [-0.2, 0) is 0 Å². The third-order valence-electron chi connectivity index (χ3n) is 3.26. The summed E-state index contributed by atoms with van der Waals surface area (Å²) in [4.78, 5) is 12.0. The van der Waals surface area contributed by atoms with Gasteiger partial charge in [-0.05, 0) is 30.9 Å². The molecule has 1 aliphatic rings. The lowest BCUT2D eigenvalue weighted by atomic mass is 9.82. The fraction of sp³-hybridized carbons (Fsp3) is 0.462. The molecule has 0 atom stereocenters. The van der Waals surface area contributed by atoms with Gasteiger partial charge >= 0.3 is 0 Å². The first-order valence-electron chi connectivity index (χ1n) is 6.00.